The van der Waals surface area contributed by atoms with Gasteiger partial charge in [-0.25, -0.2) is 0 Å². The van der Waals surface area contributed by atoms with Crippen molar-refractivity contribution in [2.75, 3.05) is 25.1 Å². The number of fused-ring (bicyclic) bond motifs is 3. The number of carbonyl (C=O) groups excluding carboxylic acids is 1. The molecule has 3 aromatic rings. The maximum atomic E-state index is 13.4. The standard InChI is InChI=1S/C27H26N4O2/c1-30-24-10-9-20(19-7-5-18(16-28)6-8-19)14-23(24)27-22(25(30)17-32)11-13-31(27)26(33)15-21-4-2-3-12-29-21/h2-10,12,14,22,25,27,32H,11,13,15,17H2,1H3/t22-,25-,27-/m0/s1. The van der Waals surface area contributed by atoms with Crippen LogP contribution in [0.25, 0.3) is 11.1 Å². The molecule has 2 aliphatic heterocycles. The van der Waals surface area contributed by atoms with Gasteiger partial charge in [-0.05, 0) is 59.5 Å². The number of benzene rings is 2. The van der Waals surface area contributed by atoms with Gasteiger partial charge >= 0.3 is 0 Å². The number of amides is 1. The molecule has 0 bridgehead atoms. The predicted molar refractivity (Wildman–Crippen MR) is 126 cm³/mol. The molecule has 1 fully saturated rings. The predicted octanol–water partition coefficient (Wildman–Crippen LogP) is 3.56. The molecule has 1 N–H and O–H groups in total. The molecule has 2 aliphatic rings. The molecule has 6 nitrogen and oxygen atoms in total. The van der Waals surface area contributed by atoms with Gasteiger partial charge < -0.3 is 14.9 Å². The van der Waals surface area contributed by atoms with Crippen LogP contribution < -0.4 is 4.90 Å². The van der Waals surface area contributed by atoms with E-state index in [1.54, 1.807) is 6.20 Å². The summed E-state index contributed by atoms with van der Waals surface area (Å²) in [6, 6.07) is 21.6. The minimum absolute atomic E-state index is 0.0316. The molecule has 6 heteroatoms. The van der Waals surface area contributed by atoms with Crippen LogP contribution in [0.5, 0.6) is 0 Å². The van der Waals surface area contributed by atoms with Gasteiger partial charge in [-0.3, -0.25) is 9.78 Å². The van der Waals surface area contributed by atoms with Gasteiger partial charge in [0.1, 0.15) is 0 Å². The molecule has 0 aliphatic carbocycles. The van der Waals surface area contributed by atoms with Gasteiger partial charge in [0, 0.05) is 37.1 Å². The Labute approximate surface area is 193 Å². The topological polar surface area (TPSA) is 80.5 Å². The van der Waals surface area contributed by atoms with Gasteiger partial charge in [0.05, 0.1) is 36.7 Å². The van der Waals surface area contributed by atoms with Crippen LogP contribution in [0.4, 0.5) is 5.69 Å². The minimum Gasteiger partial charge on any atom is -0.394 e. The van der Waals surface area contributed by atoms with Crippen molar-refractivity contribution in [3.8, 4) is 17.2 Å². The normalized spacial score (nSPS) is 21.3. The summed E-state index contributed by atoms with van der Waals surface area (Å²) in [6.45, 7) is 0.725. The minimum atomic E-state index is -0.0807. The molecule has 0 radical (unpaired) electrons. The number of likely N-dealkylation sites (tertiary alicyclic amines) is 1. The number of hydrogen-bond donors (Lipinski definition) is 1. The van der Waals surface area contributed by atoms with Crippen molar-refractivity contribution in [2.45, 2.75) is 24.9 Å². The lowest BCUT2D eigenvalue weighted by Crippen LogP contribution is -2.48. The average molecular weight is 439 g/mol. The van der Waals surface area contributed by atoms with Crippen molar-refractivity contribution in [2.24, 2.45) is 5.92 Å². The summed E-state index contributed by atoms with van der Waals surface area (Å²) in [4.78, 5) is 21.8. The molecule has 0 unspecified atom stereocenters. The van der Waals surface area contributed by atoms with Crippen molar-refractivity contribution in [1.29, 1.82) is 5.26 Å². The number of pyridine rings is 1. The van der Waals surface area contributed by atoms with E-state index in [2.05, 4.69) is 34.2 Å². The van der Waals surface area contributed by atoms with Crippen LogP contribution in [0.3, 0.4) is 0 Å². The maximum absolute atomic E-state index is 13.4. The zero-order chi connectivity index (χ0) is 22.9. The van der Waals surface area contributed by atoms with E-state index >= 15 is 0 Å². The molecule has 166 valence electrons. The number of aliphatic hydroxyl groups is 1. The lowest BCUT2D eigenvalue weighted by Gasteiger charge is -2.44. The molecule has 1 aromatic heterocycles. The third-order valence-electron chi connectivity index (χ3n) is 7.08. The van der Waals surface area contributed by atoms with E-state index in [9.17, 15) is 9.90 Å². The van der Waals surface area contributed by atoms with E-state index in [0.717, 1.165) is 34.5 Å². The molecule has 3 atom stereocenters. The van der Waals surface area contributed by atoms with E-state index in [1.807, 2.05) is 54.4 Å². The Morgan fingerprint density at radius 3 is 2.64 bits per heavy atom. The van der Waals surface area contributed by atoms with Gasteiger partial charge in [0.15, 0.2) is 0 Å². The monoisotopic (exact) mass is 438 g/mol. The lowest BCUT2D eigenvalue weighted by atomic mass is 9.81. The Morgan fingerprint density at radius 2 is 1.94 bits per heavy atom. The number of nitriles is 1. The van der Waals surface area contributed by atoms with Crippen molar-refractivity contribution < 1.29 is 9.90 Å². The first-order chi connectivity index (χ1) is 16.1. The van der Waals surface area contributed by atoms with Crippen molar-refractivity contribution in [3.05, 3.63) is 83.7 Å². The van der Waals surface area contributed by atoms with Crippen molar-refractivity contribution in [3.63, 3.8) is 0 Å². The fourth-order valence-electron chi connectivity index (χ4n) is 5.41. The highest BCUT2D eigenvalue weighted by Crippen LogP contribution is 2.49. The Morgan fingerprint density at radius 1 is 1.15 bits per heavy atom. The first-order valence-corrected chi connectivity index (χ1v) is 11.3. The lowest BCUT2D eigenvalue weighted by molar-refractivity contribution is -0.132. The first-order valence-electron chi connectivity index (χ1n) is 11.3. The average Bonchev–Trinajstić information content (AvgIpc) is 3.30. The van der Waals surface area contributed by atoms with Crippen LogP contribution >= 0.6 is 0 Å². The molecule has 0 spiro atoms. The van der Waals surface area contributed by atoms with E-state index < -0.39 is 0 Å². The van der Waals surface area contributed by atoms with Crippen LogP contribution in [0.1, 0.15) is 29.3 Å². The van der Waals surface area contributed by atoms with Gasteiger partial charge in [0.25, 0.3) is 0 Å². The maximum Gasteiger partial charge on any atom is 0.229 e. The number of anilines is 1. The molecular weight excluding hydrogens is 412 g/mol. The van der Waals surface area contributed by atoms with E-state index in [0.29, 0.717) is 12.1 Å². The van der Waals surface area contributed by atoms with Gasteiger partial charge in [-0.2, -0.15) is 5.26 Å². The molecular formula is C27H26N4O2. The highest BCUT2D eigenvalue weighted by Gasteiger charge is 2.47. The second kappa shape index (κ2) is 8.68. The Bertz CT molecular complexity index is 1200. The summed E-state index contributed by atoms with van der Waals surface area (Å²) in [5.41, 5.74) is 5.64. The number of rotatable bonds is 4. The summed E-state index contributed by atoms with van der Waals surface area (Å²) in [6.07, 6.45) is 2.84. The number of likely N-dealkylation sites (N-methyl/N-ethyl adjacent to an activating group) is 1. The summed E-state index contributed by atoms with van der Waals surface area (Å²) in [5, 5.41) is 19.3. The number of aromatic nitrogens is 1. The second-order valence-electron chi connectivity index (χ2n) is 8.81. The SMILES string of the molecule is CN1c2ccc(-c3ccc(C#N)cc3)cc2[C@@H]2[C@@H](CCN2C(=O)Cc2ccccn2)[C@@H]1CO. The Hall–Kier alpha value is -3.69. The fourth-order valence-corrected chi connectivity index (χ4v) is 5.41. The zero-order valence-electron chi connectivity index (χ0n) is 18.6. The fraction of sp³-hybridized carbons (Fsp3) is 0.296. The van der Waals surface area contributed by atoms with Crippen molar-refractivity contribution in [1.82, 2.24) is 9.88 Å². The zero-order valence-corrected chi connectivity index (χ0v) is 18.6. The quantitative estimate of drug-likeness (QED) is 0.674. The number of carbonyl (C=O) groups is 1. The molecule has 3 heterocycles. The number of aliphatic hydroxyl groups excluding tert-OH is 1. The molecule has 0 saturated carbocycles. The van der Waals surface area contributed by atoms with Crippen LogP contribution in [0, 0.1) is 17.2 Å². The van der Waals surface area contributed by atoms with Gasteiger partial charge in [-0.15, -0.1) is 0 Å². The molecule has 1 saturated heterocycles. The van der Waals surface area contributed by atoms with Crippen LogP contribution in [0.2, 0.25) is 0 Å². The van der Waals surface area contributed by atoms with Crippen LogP contribution in [0.15, 0.2) is 66.9 Å². The number of nitrogens with zero attached hydrogens (tertiary/aromatic N) is 4. The summed E-state index contributed by atoms with van der Waals surface area (Å²) in [7, 11) is 2.02. The molecule has 33 heavy (non-hydrogen) atoms. The highest BCUT2D eigenvalue weighted by atomic mass is 16.3. The van der Waals surface area contributed by atoms with E-state index in [-0.39, 0.29) is 36.9 Å². The third kappa shape index (κ3) is 3.75. The molecule has 1 amide bonds. The van der Waals surface area contributed by atoms with Gasteiger partial charge in [-0.1, -0.05) is 24.3 Å². The second-order valence-corrected chi connectivity index (χ2v) is 8.81. The first kappa shape index (κ1) is 21.2. The van der Waals surface area contributed by atoms with E-state index in [1.165, 1.54) is 0 Å². The summed E-state index contributed by atoms with van der Waals surface area (Å²) >= 11 is 0. The van der Waals surface area contributed by atoms with Gasteiger partial charge in [0.2, 0.25) is 5.91 Å². The molecule has 5 rings (SSSR count). The van der Waals surface area contributed by atoms with E-state index in [4.69, 9.17) is 5.26 Å². The molecule has 2 aromatic carbocycles. The van der Waals surface area contributed by atoms with Crippen LogP contribution in [-0.4, -0.2) is 47.1 Å². The van der Waals surface area contributed by atoms with Crippen molar-refractivity contribution >= 4 is 11.6 Å². The highest BCUT2D eigenvalue weighted by molar-refractivity contribution is 5.80. The third-order valence-corrected chi connectivity index (χ3v) is 7.08. The smallest absolute Gasteiger partial charge is 0.229 e. The Kier molecular flexibility index (Phi) is 5.57. The van der Waals surface area contributed by atoms with Crippen LogP contribution in [-0.2, 0) is 11.2 Å². The Balaban J connectivity index is 1.54. The summed E-state index contributed by atoms with van der Waals surface area (Å²) in [5.74, 6) is 0.230. The largest absolute Gasteiger partial charge is 0.394 e. The summed E-state index contributed by atoms with van der Waals surface area (Å²) < 4.78 is 0. The number of hydrogen-bond acceptors (Lipinski definition) is 5.